The molecule has 2 unspecified atom stereocenters. The number of aromatic nitrogens is 2. The second-order valence-electron chi connectivity index (χ2n) is 8.59. The van der Waals surface area contributed by atoms with Crippen molar-refractivity contribution < 1.29 is 21.6 Å². The van der Waals surface area contributed by atoms with Crippen molar-refractivity contribution in [2.45, 2.75) is 31.0 Å². The third-order valence-electron chi connectivity index (χ3n) is 6.15. The van der Waals surface area contributed by atoms with E-state index in [0.717, 1.165) is 10.8 Å². The molecule has 0 fully saturated rings. The first kappa shape index (κ1) is 24.6. The second-order valence-corrected chi connectivity index (χ2v) is 10.2. The molecule has 10 heteroatoms. The van der Waals surface area contributed by atoms with Gasteiger partial charge in [0, 0.05) is 11.5 Å². The zero-order valence-electron chi connectivity index (χ0n) is 18.9. The fourth-order valence-electron chi connectivity index (χ4n) is 4.00. The first-order chi connectivity index (χ1) is 16.4. The van der Waals surface area contributed by atoms with E-state index in [1.165, 1.54) is 67.7 Å². The van der Waals surface area contributed by atoms with Crippen molar-refractivity contribution in [3.63, 3.8) is 0 Å². The number of halogens is 3. The minimum atomic E-state index is -3.91. The number of hydrogen-bond donors (Lipinski definition) is 1. The molecule has 0 aliphatic heterocycles. The van der Waals surface area contributed by atoms with E-state index < -0.39 is 38.8 Å². The summed E-state index contributed by atoms with van der Waals surface area (Å²) < 4.78 is 66.7. The molecule has 0 saturated heterocycles. The van der Waals surface area contributed by atoms with Crippen LogP contribution in [0.2, 0.25) is 0 Å². The lowest BCUT2D eigenvalue weighted by atomic mass is 9.82. The molecule has 1 aliphatic carbocycles. The van der Waals surface area contributed by atoms with Crippen LogP contribution in [0, 0.1) is 11.7 Å². The summed E-state index contributed by atoms with van der Waals surface area (Å²) in [5.74, 6) is -1.93. The van der Waals surface area contributed by atoms with Crippen LogP contribution in [0.25, 0.3) is 22.3 Å². The molecule has 0 bridgehead atoms. The van der Waals surface area contributed by atoms with Crippen LogP contribution < -0.4 is 10.7 Å². The molecule has 35 heavy (non-hydrogen) atoms. The molecular formula is C25H22F3N3O3S. The zero-order chi connectivity index (χ0) is 25.5. The van der Waals surface area contributed by atoms with Gasteiger partial charge < -0.3 is 0 Å². The lowest BCUT2D eigenvalue weighted by molar-refractivity contribution is 0.182. The van der Waals surface area contributed by atoms with Crippen LogP contribution in [0.5, 0.6) is 0 Å². The SMILES string of the molecule is CC1C(Cn2ncc(-c3ccc(S(N)(=O)=O)cc3)c(-c3ccc(F)cc3)c2=O)=CC(F)=CC1(C)F. The Morgan fingerprint density at radius 2 is 1.66 bits per heavy atom. The molecule has 4 rings (SSSR count). The van der Waals surface area contributed by atoms with Crippen LogP contribution in [0.15, 0.2) is 88.0 Å². The predicted molar refractivity (Wildman–Crippen MR) is 127 cm³/mol. The highest BCUT2D eigenvalue weighted by molar-refractivity contribution is 7.89. The highest BCUT2D eigenvalue weighted by Crippen LogP contribution is 2.36. The Bertz CT molecular complexity index is 1510. The summed E-state index contributed by atoms with van der Waals surface area (Å²) in [6.45, 7) is 2.71. The molecule has 6 nitrogen and oxygen atoms in total. The lowest BCUT2D eigenvalue weighted by Crippen LogP contribution is -2.33. The quantitative estimate of drug-likeness (QED) is 0.556. The number of sulfonamides is 1. The largest absolute Gasteiger partial charge is 0.275 e. The van der Waals surface area contributed by atoms with Crippen LogP contribution in [0.1, 0.15) is 13.8 Å². The summed E-state index contributed by atoms with van der Waals surface area (Å²) in [7, 11) is -3.91. The summed E-state index contributed by atoms with van der Waals surface area (Å²) in [6, 6.07) is 10.8. The Kier molecular flexibility index (Phi) is 6.29. The molecule has 2 N–H and O–H groups in total. The molecule has 2 aromatic carbocycles. The van der Waals surface area contributed by atoms with Gasteiger partial charge in [-0.05, 0) is 60.0 Å². The highest BCUT2D eigenvalue weighted by Gasteiger charge is 2.35. The van der Waals surface area contributed by atoms with Gasteiger partial charge in [0.05, 0.1) is 23.2 Å². The van der Waals surface area contributed by atoms with E-state index in [1.54, 1.807) is 6.92 Å². The van der Waals surface area contributed by atoms with E-state index in [1.807, 2.05) is 0 Å². The van der Waals surface area contributed by atoms with Crippen molar-refractivity contribution in [1.29, 1.82) is 0 Å². The Morgan fingerprint density at radius 3 is 2.26 bits per heavy atom. The minimum absolute atomic E-state index is 0.103. The van der Waals surface area contributed by atoms with Gasteiger partial charge in [-0.25, -0.2) is 31.4 Å². The highest BCUT2D eigenvalue weighted by atomic mass is 32.2. The maximum absolute atomic E-state index is 14.8. The summed E-state index contributed by atoms with van der Waals surface area (Å²) in [5.41, 5.74) is -0.734. The van der Waals surface area contributed by atoms with E-state index in [9.17, 15) is 26.4 Å². The van der Waals surface area contributed by atoms with Gasteiger partial charge >= 0.3 is 0 Å². The van der Waals surface area contributed by atoms with E-state index in [0.29, 0.717) is 22.3 Å². The van der Waals surface area contributed by atoms with E-state index in [-0.39, 0.29) is 17.0 Å². The normalized spacial score (nSPS) is 20.3. The Morgan fingerprint density at radius 1 is 1.06 bits per heavy atom. The van der Waals surface area contributed by atoms with Crippen LogP contribution in [0.3, 0.4) is 0 Å². The number of hydrogen-bond acceptors (Lipinski definition) is 4. The van der Waals surface area contributed by atoms with Crippen LogP contribution in [0.4, 0.5) is 13.2 Å². The fourth-order valence-corrected chi connectivity index (χ4v) is 4.51. The number of rotatable bonds is 5. The van der Waals surface area contributed by atoms with Gasteiger partial charge in [-0.3, -0.25) is 4.79 Å². The third-order valence-corrected chi connectivity index (χ3v) is 7.08. The second kappa shape index (κ2) is 8.94. The van der Waals surface area contributed by atoms with Crippen LogP contribution in [-0.4, -0.2) is 23.9 Å². The van der Waals surface area contributed by atoms with Crippen molar-refractivity contribution >= 4 is 10.0 Å². The number of nitrogens with two attached hydrogens (primary N) is 1. The van der Waals surface area contributed by atoms with Crippen molar-refractivity contribution in [3.8, 4) is 22.3 Å². The number of allylic oxidation sites excluding steroid dienone is 4. The number of nitrogens with zero attached hydrogens (tertiary/aromatic N) is 2. The van der Waals surface area contributed by atoms with E-state index in [2.05, 4.69) is 5.10 Å². The standard InChI is InChI=1S/C25H22F3N3O3S/c1-15-18(11-20(27)12-25(15,2)28)14-31-24(32)23(17-3-7-19(26)8-4-17)22(13-30-31)16-5-9-21(10-6-16)35(29,33)34/h3-13,15H,14H2,1-2H3,(H2,29,33,34). The number of benzene rings is 2. The molecule has 182 valence electrons. The lowest BCUT2D eigenvalue weighted by Gasteiger charge is -2.30. The van der Waals surface area contributed by atoms with Gasteiger partial charge in [0.1, 0.15) is 17.3 Å². The molecule has 1 aliphatic rings. The predicted octanol–water partition coefficient (Wildman–Crippen LogP) is 4.52. The van der Waals surface area contributed by atoms with Crippen molar-refractivity contribution in [2.24, 2.45) is 11.1 Å². The fraction of sp³-hybridized carbons (Fsp3) is 0.200. The Labute approximate surface area is 200 Å². The first-order valence-electron chi connectivity index (χ1n) is 10.6. The van der Waals surface area contributed by atoms with Gasteiger partial charge in [-0.2, -0.15) is 5.10 Å². The summed E-state index contributed by atoms with van der Waals surface area (Å²) >= 11 is 0. The van der Waals surface area contributed by atoms with Crippen molar-refractivity contribution in [3.05, 3.63) is 94.5 Å². The molecule has 1 heterocycles. The molecular weight excluding hydrogens is 479 g/mol. The molecule has 0 amide bonds. The average molecular weight is 502 g/mol. The Hall–Kier alpha value is -3.50. The average Bonchev–Trinajstić information content (AvgIpc) is 2.78. The van der Waals surface area contributed by atoms with Gasteiger partial charge in [-0.15, -0.1) is 0 Å². The third kappa shape index (κ3) is 4.98. The molecule has 0 spiro atoms. The van der Waals surface area contributed by atoms with Crippen molar-refractivity contribution in [2.75, 3.05) is 0 Å². The summed E-state index contributed by atoms with van der Waals surface area (Å²) in [5, 5.41) is 9.37. The summed E-state index contributed by atoms with van der Waals surface area (Å²) in [4.78, 5) is 13.5. The smallest absolute Gasteiger partial charge is 0.267 e. The Balaban J connectivity index is 1.85. The van der Waals surface area contributed by atoms with Gasteiger partial charge in [0.25, 0.3) is 5.56 Å². The van der Waals surface area contributed by atoms with Crippen molar-refractivity contribution in [1.82, 2.24) is 9.78 Å². The monoisotopic (exact) mass is 501 g/mol. The first-order valence-corrected chi connectivity index (χ1v) is 12.2. The molecule has 0 radical (unpaired) electrons. The van der Waals surface area contributed by atoms with Gasteiger partial charge in [0.2, 0.25) is 10.0 Å². The van der Waals surface area contributed by atoms with Crippen LogP contribution in [-0.2, 0) is 16.6 Å². The molecule has 2 atom stereocenters. The minimum Gasteiger partial charge on any atom is -0.267 e. The van der Waals surface area contributed by atoms with Gasteiger partial charge in [0.15, 0.2) is 0 Å². The zero-order valence-corrected chi connectivity index (χ0v) is 19.7. The summed E-state index contributed by atoms with van der Waals surface area (Å²) in [6.07, 6.45) is 3.49. The molecule has 0 saturated carbocycles. The van der Waals surface area contributed by atoms with E-state index in [4.69, 9.17) is 5.14 Å². The molecule has 1 aromatic heterocycles. The van der Waals surface area contributed by atoms with E-state index >= 15 is 0 Å². The number of primary sulfonamides is 1. The molecule has 3 aromatic rings. The van der Waals surface area contributed by atoms with Gasteiger partial charge in [-0.1, -0.05) is 31.2 Å². The number of alkyl halides is 1. The maximum atomic E-state index is 14.8. The topological polar surface area (TPSA) is 95.1 Å². The van der Waals surface area contributed by atoms with Crippen LogP contribution >= 0.6 is 0 Å². The maximum Gasteiger partial charge on any atom is 0.275 e.